The molecule has 0 spiro atoms. The van der Waals surface area contributed by atoms with Crippen molar-refractivity contribution in [2.24, 2.45) is 10.7 Å². The number of carboxylic acids is 1. The van der Waals surface area contributed by atoms with Crippen LogP contribution in [0.5, 0.6) is 5.75 Å². The number of carboxylic acid groups (broad SMARTS) is 1. The molecule has 10 N–H and O–H groups in total. The molecule has 26 heteroatoms. The van der Waals surface area contributed by atoms with Crippen molar-refractivity contribution in [2.75, 3.05) is 26.2 Å². The molecule has 0 bridgehead atoms. The van der Waals surface area contributed by atoms with E-state index in [1.165, 1.54) is 0 Å². The first-order valence-electron chi connectivity index (χ1n) is 29.4. The van der Waals surface area contributed by atoms with E-state index < -0.39 is 112 Å². The second-order valence-electron chi connectivity index (χ2n) is 24.5. The van der Waals surface area contributed by atoms with Crippen LogP contribution in [0, 0.1) is 20.8 Å². The number of rotatable bonds is 25. The number of amides is 7. The van der Waals surface area contributed by atoms with Crippen LogP contribution < -0.4 is 47.2 Å². The number of alkyl carbamates (subject to hydrolysis) is 1. The molecule has 1 aliphatic heterocycles. The molecule has 0 saturated heterocycles. The highest BCUT2D eigenvalue weighted by Crippen LogP contribution is 2.45. The largest absolute Gasteiger partial charge is 0.487 e. The third kappa shape index (κ3) is 20.0. The average molecular weight is 1250 g/mol. The van der Waals surface area contributed by atoms with E-state index in [1.54, 1.807) is 92.6 Å². The Hall–Kier alpha value is -8.94. The van der Waals surface area contributed by atoms with Crippen molar-refractivity contribution in [1.29, 1.82) is 0 Å². The molecule has 3 atom stereocenters. The van der Waals surface area contributed by atoms with Crippen LogP contribution in [-0.4, -0.2) is 134 Å². The molecule has 0 fully saturated rings. The smallest absolute Gasteiger partial charge is 0.426 e. The van der Waals surface area contributed by atoms with Crippen LogP contribution in [0.1, 0.15) is 139 Å². The van der Waals surface area contributed by atoms with Crippen molar-refractivity contribution in [2.45, 2.75) is 173 Å². The summed E-state index contributed by atoms with van der Waals surface area (Å²) in [6.07, 6.45) is -1.84. The fraction of sp³-hybridized carbons (Fsp3) is 0.476. The Kier molecular flexibility index (Phi) is 23.2. The number of sulfonamides is 1. The van der Waals surface area contributed by atoms with Gasteiger partial charge in [-0.3, -0.25) is 24.2 Å². The van der Waals surface area contributed by atoms with Gasteiger partial charge >= 0.3 is 30.2 Å². The first kappa shape index (κ1) is 69.2. The summed E-state index contributed by atoms with van der Waals surface area (Å²) in [4.78, 5) is 112. The number of esters is 1. The van der Waals surface area contributed by atoms with Crippen LogP contribution in [0.3, 0.4) is 0 Å². The molecule has 1 aliphatic carbocycles. The molecule has 2 aliphatic rings. The summed E-state index contributed by atoms with van der Waals surface area (Å²) in [6.45, 7) is 17.6. The summed E-state index contributed by atoms with van der Waals surface area (Å²) in [5.74, 6) is -5.50. The topological polar surface area (TPSA) is 354 Å². The number of nitrogens with two attached hydrogens (primary N) is 1. The van der Waals surface area contributed by atoms with Gasteiger partial charge in [-0.25, -0.2) is 42.8 Å². The van der Waals surface area contributed by atoms with Gasteiger partial charge in [0.05, 0.1) is 24.4 Å². The van der Waals surface area contributed by atoms with Gasteiger partial charge in [0, 0.05) is 31.0 Å². The molecule has 0 radical (unpaired) electrons. The summed E-state index contributed by atoms with van der Waals surface area (Å²) < 4.78 is 52.8. The number of guanidine groups is 1. The number of unbranched alkanes of at least 4 members (excludes halogenated alkanes) is 1. The van der Waals surface area contributed by atoms with E-state index in [1.807, 2.05) is 62.4 Å². The number of ether oxygens (including phenoxy) is 4. The van der Waals surface area contributed by atoms with Crippen molar-refractivity contribution in [3.05, 3.63) is 118 Å². The lowest BCUT2D eigenvalue weighted by molar-refractivity contribution is -0.158. The number of hydrogen-bond acceptors (Lipinski definition) is 15. The predicted molar refractivity (Wildman–Crippen MR) is 331 cm³/mol. The van der Waals surface area contributed by atoms with Crippen molar-refractivity contribution < 1.29 is 70.8 Å². The molecule has 4 aromatic rings. The van der Waals surface area contributed by atoms with Gasteiger partial charge in [-0.1, -0.05) is 78.9 Å². The Morgan fingerprint density at radius 1 is 0.730 bits per heavy atom. The number of aliphatic carboxylic acids is 1. The number of nitrogens with zero attached hydrogens (tertiary/aromatic N) is 2. The van der Waals surface area contributed by atoms with E-state index in [2.05, 4.69) is 41.7 Å². The van der Waals surface area contributed by atoms with Gasteiger partial charge in [-0.2, -0.15) is 0 Å². The number of hydrazine groups is 1. The molecule has 6 rings (SSSR count). The lowest BCUT2D eigenvalue weighted by Crippen LogP contribution is -2.58. The minimum atomic E-state index is -4.31. The number of carbonyl (C=O) groups excluding carboxylic acids is 7. The highest BCUT2D eigenvalue weighted by molar-refractivity contribution is 7.90. The van der Waals surface area contributed by atoms with Gasteiger partial charge in [0.15, 0.2) is 0 Å². The Bertz CT molecular complexity index is 3370. The molecule has 0 saturated carbocycles. The lowest BCUT2D eigenvalue weighted by atomic mass is 9.94. The molecule has 0 aromatic heterocycles. The zero-order valence-corrected chi connectivity index (χ0v) is 53.2. The van der Waals surface area contributed by atoms with Crippen molar-refractivity contribution in [1.82, 2.24) is 41.7 Å². The molecule has 0 unspecified atom stereocenters. The van der Waals surface area contributed by atoms with Crippen LogP contribution in [0.15, 0.2) is 88.8 Å². The van der Waals surface area contributed by atoms with Gasteiger partial charge in [0.2, 0.25) is 23.7 Å². The summed E-state index contributed by atoms with van der Waals surface area (Å²) in [5, 5.41) is 23.4. The van der Waals surface area contributed by atoms with Crippen LogP contribution in [0.2, 0.25) is 0 Å². The van der Waals surface area contributed by atoms with Gasteiger partial charge in [0.25, 0.3) is 10.0 Å². The SMILES string of the molecule is Cc1c(C)c(S(=O)(=O)NC(N)=NCCC[C@H](NC(=O)[C@H](CCCCNC(=O)OC(C)(C)C)NC(=O)N(Cc2ccccc2)NC(=O)OCC2c3ccccc3-c3ccccc32)C(=O)NCC(=O)N[C@@H](CC(=O)OC(C)(C)C)C(=O)O)c(C)c2c1OC(C)(C)C2. The zero-order chi connectivity index (χ0) is 65.6. The van der Waals surface area contributed by atoms with E-state index in [0.717, 1.165) is 32.8 Å². The quantitative estimate of drug-likeness (QED) is 0.00874. The maximum Gasteiger partial charge on any atom is 0.426 e. The number of hydrogen-bond donors (Lipinski definition) is 9. The Labute approximate surface area is 519 Å². The van der Waals surface area contributed by atoms with Crippen LogP contribution in [-0.2, 0) is 61.2 Å². The van der Waals surface area contributed by atoms with Crippen molar-refractivity contribution in [3.63, 3.8) is 0 Å². The number of aliphatic imine (C=N–C) groups is 1. The van der Waals surface area contributed by atoms with Gasteiger partial charge in [0.1, 0.15) is 47.3 Å². The molecule has 482 valence electrons. The fourth-order valence-corrected chi connectivity index (χ4v) is 11.9. The maximum atomic E-state index is 14.7. The van der Waals surface area contributed by atoms with E-state index >= 15 is 0 Å². The van der Waals surface area contributed by atoms with Gasteiger partial charge in [-0.15, -0.1) is 0 Å². The maximum absolute atomic E-state index is 14.7. The molecule has 25 nitrogen and oxygen atoms in total. The summed E-state index contributed by atoms with van der Waals surface area (Å²) in [6, 6.07) is 18.5. The van der Waals surface area contributed by atoms with E-state index in [-0.39, 0.29) is 69.2 Å². The third-order valence-electron chi connectivity index (χ3n) is 14.4. The monoisotopic (exact) mass is 1250 g/mol. The first-order valence-corrected chi connectivity index (χ1v) is 30.9. The van der Waals surface area contributed by atoms with E-state index in [4.69, 9.17) is 24.7 Å². The molecule has 1 heterocycles. The number of carbonyl (C=O) groups is 8. The normalized spacial score (nSPS) is 14.4. The first-order chi connectivity index (χ1) is 41.7. The van der Waals surface area contributed by atoms with E-state index in [9.17, 15) is 51.9 Å². The third-order valence-corrected chi connectivity index (χ3v) is 16.0. The number of benzene rings is 4. The number of urea groups is 1. The number of nitrogens with one attached hydrogen (secondary N) is 7. The molecule has 7 amide bonds. The molecular weight excluding hydrogens is 1170 g/mol. The lowest BCUT2D eigenvalue weighted by Gasteiger charge is -2.28. The van der Waals surface area contributed by atoms with Crippen LogP contribution in [0.25, 0.3) is 11.1 Å². The fourth-order valence-electron chi connectivity index (χ4n) is 10.3. The van der Waals surface area contributed by atoms with E-state index in [0.29, 0.717) is 34.4 Å². The van der Waals surface area contributed by atoms with Gasteiger partial charge in [-0.05, 0) is 153 Å². The minimum absolute atomic E-state index is 0.0216. The summed E-state index contributed by atoms with van der Waals surface area (Å²) >= 11 is 0. The van der Waals surface area contributed by atoms with Crippen LogP contribution >= 0.6 is 0 Å². The summed E-state index contributed by atoms with van der Waals surface area (Å²) in [5.41, 5.74) is 13.3. The Morgan fingerprint density at radius 2 is 1.33 bits per heavy atom. The van der Waals surface area contributed by atoms with Crippen molar-refractivity contribution in [3.8, 4) is 16.9 Å². The van der Waals surface area contributed by atoms with Crippen LogP contribution in [0.4, 0.5) is 14.4 Å². The number of fused-ring (bicyclic) bond motifs is 4. The van der Waals surface area contributed by atoms with Gasteiger partial charge < -0.3 is 56.4 Å². The average Bonchev–Trinajstić information content (AvgIpc) is 1.71. The second kappa shape index (κ2) is 29.8. The molecule has 89 heavy (non-hydrogen) atoms. The minimum Gasteiger partial charge on any atom is -0.487 e. The predicted octanol–water partition coefficient (Wildman–Crippen LogP) is 6.33. The summed E-state index contributed by atoms with van der Waals surface area (Å²) in [7, 11) is -4.31. The van der Waals surface area contributed by atoms with Crippen molar-refractivity contribution >= 4 is 63.9 Å². The zero-order valence-electron chi connectivity index (χ0n) is 52.3. The standard InChI is InChI=1S/C63H84N10O15S/c1-37-38(2)53(39(3)45-33-63(10,11)87-52(37)45)89(83,84)72-57(64)65-31-21-29-47(54(76)67-34-50(74)68-49(56(78)79)32-51(75)86-61(4,5)6)69-55(77)48(28-19-20-30-66-59(81)88-62(7,8)9)70-58(80)73(35-40-22-13-12-14-23-40)71-60(82)85-36-46-43-26-17-15-24-41(43)42-25-16-18-27-44(42)46/h12-18,22-27,46-49H,19-21,28-36H2,1-11H3,(H,66,81)(H,67,76)(H,68,74)(H,69,77)(H,70,80)(H,71,82)(H,78,79)(H3,64,65,72)/t47-,48-,49-/m0/s1. The highest BCUT2D eigenvalue weighted by atomic mass is 32.2. The second-order valence-corrected chi connectivity index (χ2v) is 26.1. The highest BCUT2D eigenvalue weighted by Gasteiger charge is 2.38. The Morgan fingerprint density at radius 3 is 1.94 bits per heavy atom. The molecule has 4 aromatic carbocycles. The molecular formula is C63H84N10O15S. The Balaban J connectivity index is 1.22.